The first-order valence-electron chi connectivity index (χ1n) is 12.9. The summed E-state index contributed by atoms with van der Waals surface area (Å²) in [6.45, 7) is 6.89. The van der Waals surface area contributed by atoms with Crippen LogP contribution < -0.4 is 5.32 Å². The van der Waals surface area contributed by atoms with Gasteiger partial charge >= 0.3 is 0 Å². The monoisotopic (exact) mass is 520 g/mol. The number of phenols is 2. The zero-order chi connectivity index (χ0) is 27.6. The molecule has 1 aliphatic heterocycles. The Labute approximate surface area is 223 Å². The Hall–Kier alpha value is -3.85. The molecular weight excluding hydrogens is 484 g/mol. The Balaban J connectivity index is 1.67. The van der Waals surface area contributed by atoms with E-state index in [0.717, 1.165) is 22.3 Å². The number of aromatic nitrogens is 1. The average molecular weight is 521 g/mol. The molecule has 3 aromatic rings. The van der Waals surface area contributed by atoms with Crippen LogP contribution in [0, 0.1) is 0 Å². The highest BCUT2D eigenvalue weighted by Gasteiger charge is 2.33. The van der Waals surface area contributed by atoms with Gasteiger partial charge in [0.25, 0.3) is 5.91 Å². The molecule has 1 aliphatic rings. The lowest BCUT2D eigenvalue weighted by Gasteiger charge is -2.38. The van der Waals surface area contributed by atoms with Crippen molar-refractivity contribution in [2.24, 2.45) is 0 Å². The van der Waals surface area contributed by atoms with E-state index >= 15 is 0 Å². The summed E-state index contributed by atoms with van der Waals surface area (Å²) in [6.07, 6.45) is 2.21. The summed E-state index contributed by atoms with van der Waals surface area (Å²) < 4.78 is 4.77. The lowest BCUT2D eigenvalue weighted by Crippen LogP contribution is -2.40. The molecule has 0 fully saturated rings. The van der Waals surface area contributed by atoms with E-state index in [1.54, 1.807) is 0 Å². The van der Waals surface area contributed by atoms with Gasteiger partial charge in [-0.2, -0.15) is 0 Å². The van der Waals surface area contributed by atoms with Crippen LogP contribution in [-0.4, -0.2) is 57.6 Å². The first-order chi connectivity index (χ1) is 18.0. The molecule has 0 bridgehead atoms. The first kappa shape index (κ1) is 27.2. The number of rotatable bonds is 8. The molecule has 1 aromatic heterocycles. The van der Waals surface area contributed by atoms with E-state index in [4.69, 9.17) is 4.52 Å². The topological polar surface area (TPSA) is 119 Å². The molecule has 0 saturated carbocycles. The Morgan fingerprint density at radius 3 is 2.53 bits per heavy atom. The Kier molecular flexibility index (Phi) is 8.06. The molecule has 2 amide bonds. The maximum Gasteiger partial charge on any atom is 0.273 e. The molecule has 2 aromatic carbocycles. The first-order valence-corrected chi connectivity index (χ1v) is 12.9. The zero-order valence-electron chi connectivity index (χ0n) is 22.6. The second-order valence-electron chi connectivity index (χ2n) is 10.5. The summed E-state index contributed by atoms with van der Waals surface area (Å²) in [6, 6.07) is 10.0. The van der Waals surface area contributed by atoms with Crippen LogP contribution in [-0.2, 0) is 17.8 Å². The van der Waals surface area contributed by atoms with Crippen molar-refractivity contribution < 1.29 is 24.3 Å². The summed E-state index contributed by atoms with van der Waals surface area (Å²) in [5, 5.41) is 27.9. The normalized spacial score (nSPS) is 16.0. The van der Waals surface area contributed by atoms with Crippen molar-refractivity contribution in [2.45, 2.75) is 58.2 Å². The fourth-order valence-corrected chi connectivity index (χ4v) is 4.90. The van der Waals surface area contributed by atoms with Gasteiger partial charge in [0.2, 0.25) is 5.91 Å². The summed E-state index contributed by atoms with van der Waals surface area (Å²) in [4.78, 5) is 29.7. The van der Waals surface area contributed by atoms with Gasteiger partial charge in [0.1, 0.15) is 17.8 Å². The number of hydrogen-bond donors (Lipinski definition) is 3. The largest absolute Gasteiger partial charge is 0.508 e. The van der Waals surface area contributed by atoms with E-state index in [9.17, 15) is 19.8 Å². The maximum atomic E-state index is 13.4. The van der Waals surface area contributed by atoms with E-state index in [1.807, 2.05) is 62.9 Å². The number of hydrogen-bond acceptors (Lipinski definition) is 7. The van der Waals surface area contributed by atoms with Gasteiger partial charge in [-0.15, -0.1) is 0 Å². The van der Waals surface area contributed by atoms with Gasteiger partial charge in [0.05, 0.1) is 12.1 Å². The highest BCUT2D eigenvalue weighted by Crippen LogP contribution is 2.42. The van der Waals surface area contributed by atoms with Crippen molar-refractivity contribution in [2.75, 3.05) is 20.6 Å². The summed E-state index contributed by atoms with van der Waals surface area (Å²) in [5.41, 5.74) is 4.55. The quantitative estimate of drug-likeness (QED) is 0.406. The van der Waals surface area contributed by atoms with E-state index in [1.165, 1.54) is 18.4 Å². The molecule has 2 heterocycles. The van der Waals surface area contributed by atoms with E-state index in [2.05, 4.69) is 16.5 Å². The van der Waals surface area contributed by atoms with Gasteiger partial charge in [0, 0.05) is 37.2 Å². The minimum atomic E-state index is -0.398. The number of phenolic OH excluding ortho intramolecular Hbond substituents is 2. The third-order valence-electron chi connectivity index (χ3n) is 7.13. The molecule has 0 aliphatic carbocycles. The smallest absolute Gasteiger partial charge is 0.273 e. The summed E-state index contributed by atoms with van der Waals surface area (Å²) >= 11 is 0. The molecule has 3 N–H and O–H groups in total. The molecule has 202 valence electrons. The Bertz CT molecular complexity index is 1300. The number of carbonyl (C=O) groups excluding carboxylic acids is 2. The van der Waals surface area contributed by atoms with Gasteiger partial charge in [-0.25, -0.2) is 0 Å². The van der Waals surface area contributed by atoms with Crippen molar-refractivity contribution in [1.29, 1.82) is 0 Å². The van der Waals surface area contributed by atoms with E-state index in [-0.39, 0.29) is 41.0 Å². The summed E-state index contributed by atoms with van der Waals surface area (Å²) in [5.74, 6) is -0.263. The van der Waals surface area contributed by atoms with Crippen LogP contribution in [0.5, 0.6) is 11.5 Å². The lowest BCUT2D eigenvalue weighted by molar-refractivity contribution is -0.135. The van der Waals surface area contributed by atoms with Crippen LogP contribution in [0.1, 0.15) is 83.5 Å². The van der Waals surface area contributed by atoms with Crippen LogP contribution in [0.4, 0.5) is 0 Å². The summed E-state index contributed by atoms with van der Waals surface area (Å²) in [7, 11) is 3.86. The van der Waals surface area contributed by atoms with Crippen molar-refractivity contribution in [3.05, 3.63) is 76.2 Å². The SMILES string of the molecule is CC(C)c1cc(C2Cc3cc(C(C)NC(=O)c4ccon4)ccc3CN2C(=O)CCN(C)C)c(O)cc1O. The molecular formula is C29H36N4O5. The minimum Gasteiger partial charge on any atom is -0.508 e. The fourth-order valence-electron chi connectivity index (χ4n) is 4.90. The van der Waals surface area contributed by atoms with Gasteiger partial charge in [-0.3, -0.25) is 9.59 Å². The van der Waals surface area contributed by atoms with Gasteiger partial charge in [-0.1, -0.05) is 37.2 Å². The van der Waals surface area contributed by atoms with Crippen molar-refractivity contribution in [3.63, 3.8) is 0 Å². The number of nitrogens with zero attached hydrogens (tertiary/aromatic N) is 3. The molecule has 0 spiro atoms. The number of amides is 2. The standard InChI is InChI=1S/C29H36N4O5/c1-17(2)22-14-23(27(35)15-26(22)34)25-13-21-12-19(18(3)30-29(37)24-9-11-38-31-24)6-7-20(21)16-33(25)28(36)8-10-32(4)5/h6-7,9,11-12,14-15,17-18,25,34-35H,8,10,13,16H2,1-5H3,(H,30,37). The zero-order valence-corrected chi connectivity index (χ0v) is 22.6. The molecule has 4 rings (SSSR count). The molecule has 0 saturated heterocycles. The van der Waals surface area contributed by atoms with Gasteiger partial charge in [-0.05, 0) is 61.7 Å². The predicted octanol–water partition coefficient (Wildman–Crippen LogP) is 4.28. The fraction of sp³-hybridized carbons (Fsp3) is 0.414. The van der Waals surface area contributed by atoms with Crippen LogP contribution in [0.3, 0.4) is 0 Å². The van der Waals surface area contributed by atoms with Gasteiger partial charge in [0.15, 0.2) is 5.69 Å². The van der Waals surface area contributed by atoms with Crippen molar-refractivity contribution in [3.8, 4) is 11.5 Å². The predicted molar refractivity (Wildman–Crippen MR) is 143 cm³/mol. The van der Waals surface area contributed by atoms with Crippen LogP contribution >= 0.6 is 0 Å². The average Bonchev–Trinajstić information content (AvgIpc) is 3.41. The van der Waals surface area contributed by atoms with Crippen molar-refractivity contribution in [1.82, 2.24) is 20.3 Å². The van der Waals surface area contributed by atoms with Crippen LogP contribution in [0.15, 0.2) is 47.2 Å². The maximum absolute atomic E-state index is 13.4. The molecule has 38 heavy (non-hydrogen) atoms. The molecule has 9 heteroatoms. The molecule has 0 radical (unpaired) electrons. The number of carbonyl (C=O) groups is 2. The second kappa shape index (κ2) is 11.3. The number of aromatic hydroxyl groups is 2. The van der Waals surface area contributed by atoms with E-state index in [0.29, 0.717) is 31.5 Å². The molecule has 9 nitrogen and oxygen atoms in total. The second-order valence-corrected chi connectivity index (χ2v) is 10.5. The van der Waals surface area contributed by atoms with E-state index < -0.39 is 6.04 Å². The highest BCUT2D eigenvalue weighted by molar-refractivity contribution is 5.92. The molecule has 2 unspecified atom stereocenters. The van der Waals surface area contributed by atoms with Crippen molar-refractivity contribution >= 4 is 11.8 Å². The minimum absolute atomic E-state index is 0.00485. The third kappa shape index (κ3) is 5.83. The Morgan fingerprint density at radius 1 is 1.11 bits per heavy atom. The number of fused-ring (bicyclic) bond motifs is 1. The van der Waals surface area contributed by atoms with Gasteiger partial charge < -0.3 is 29.9 Å². The highest BCUT2D eigenvalue weighted by atomic mass is 16.5. The number of nitrogens with one attached hydrogen (secondary N) is 1. The Morgan fingerprint density at radius 2 is 1.87 bits per heavy atom. The molecule has 2 atom stereocenters. The third-order valence-corrected chi connectivity index (χ3v) is 7.13. The van der Waals surface area contributed by atoms with Crippen LogP contribution in [0.2, 0.25) is 0 Å². The van der Waals surface area contributed by atoms with Crippen LogP contribution in [0.25, 0.3) is 0 Å². The number of benzene rings is 2. The lowest BCUT2D eigenvalue weighted by atomic mass is 9.86.